The first-order valence-electron chi connectivity index (χ1n) is 9.98. The summed E-state index contributed by atoms with van der Waals surface area (Å²) in [5.74, 6) is 0.232. The average Bonchev–Trinajstić information content (AvgIpc) is 3.06. The molecule has 0 aliphatic carbocycles. The van der Waals surface area contributed by atoms with Crippen LogP contribution in [-0.2, 0) is 9.53 Å². The Morgan fingerprint density at radius 3 is 2.30 bits per heavy atom. The molecule has 0 N–H and O–H groups in total. The SMILES string of the molecule is COc1ccc(-n2c(C)cc(C(=O)COC(=O)C[C@@H](C)c3ccccc3)c2C)cc1. The largest absolute Gasteiger partial charge is 0.497 e. The number of nitrogens with zero attached hydrogens (tertiary/aromatic N) is 1. The van der Waals surface area contributed by atoms with E-state index in [-0.39, 0.29) is 30.7 Å². The van der Waals surface area contributed by atoms with E-state index < -0.39 is 0 Å². The first-order valence-corrected chi connectivity index (χ1v) is 9.98. The topological polar surface area (TPSA) is 57.5 Å². The molecule has 3 rings (SSSR count). The summed E-state index contributed by atoms with van der Waals surface area (Å²) in [4.78, 5) is 24.9. The maximum atomic E-state index is 12.7. The molecule has 0 unspecified atom stereocenters. The second kappa shape index (κ2) is 9.44. The molecule has 156 valence electrons. The summed E-state index contributed by atoms with van der Waals surface area (Å²) in [5.41, 5.74) is 4.33. The highest BCUT2D eigenvalue weighted by Gasteiger charge is 2.19. The van der Waals surface area contributed by atoms with Crippen LogP contribution in [0.25, 0.3) is 5.69 Å². The van der Waals surface area contributed by atoms with Gasteiger partial charge in [0.25, 0.3) is 0 Å². The van der Waals surface area contributed by atoms with Crippen molar-refractivity contribution in [2.45, 2.75) is 33.1 Å². The third-order valence-electron chi connectivity index (χ3n) is 5.27. The van der Waals surface area contributed by atoms with Gasteiger partial charge in [0, 0.05) is 22.6 Å². The monoisotopic (exact) mass is 405 g/mol. The normalized spacial score (nSPS) is 11.7. The number of hydrogen-bond donors (Lipinski definition) is 0. The molecule has 3 aromatic rings. The van der Waals surface area contributed by atoms with Crippen LogP contribution in [-0.4, -0.2) is 30.0 Å². The average molecular weight is 405 g/mol. The summed E-state index contributed by atoms with van der Waals surface area (Å²) in [7, 11) is 1.62. The van der Waals surface area contributed by atoms with Crippen LogP contribution in [0.15, 0.2) is 60.7 Å². The quantitative estimate of drug-likeness (QED) is 0.390. The van der Waals surface area contributed by atoms with Crippen molar-refractivity contribution in [3.05, 3.63) is 83.2 Å². The summed E-state index contributed by atoms with van der Waals surface area (Å²) < 4.78 is 12.5. The molecule has 1 heterocycles. The van der Waals surface area contributed by atoms with Gasteiger partial charge in [0.2, 0.25) is 5.78 Å². The van der Waals surface area contributed by atoms with Crippen molar-refractivity contribution in [2.75, 3.05) is 13.7 Å². The van der Waals surface area contributed by atoms with E-state index in [2.05, 4.69) is 0 Å². The third kappa shape index (κ3) is 4.79. The summed E-state index contributed by atoms with van der Waals surface area (Å²) in [6.07, 6.45) is 0.238. The molecule has 5 heteroatoms. The molecule has 1 aromatic heterocycles. The minimum Gasteiger partial charge on any atom is -0.497 e. The van der Waals surface area contributed by atoms with Crippen LogP contribution in [0.1, 0.15) is 46.6 Å². The van der Waals surface area contributed by atoms with E-state index in [4.69, 9.17) is 9.47 Å². The van der Waals surface area contributed by atoms with Gasteiger partial charge in [-0.15, -0.1) is 0 Å². The maximum Gasteiger partial charge on any atom is 0.306 e. The Morgan fingerprint density at radius 2 is 1.67 bits per heavy atom. The number of carbonyl (C=O) groups is 2. The van der Waals surface area contributed by atoms with Crippen LogP contribution in [0.3, 0.4) is 0 Å². The van der Waals surface area contributed by atoms with Crippen molar-refractivity contribution in [2.24, 2.45) is 0 Å². The zero-order valence-electron chi connectivity index (χ0n) is 17.8. The van der Waals surface area contributed by atoms with E-state index in [9.17, 15) is 9.59 Å². The number of rotatable bonds is 8. The van der Waals surface area contributed by atoms with Gasteiger partial charge in [-0.05, 0) is 55.7 Å². The Balaban J connectivity index is 1.65. The Kier molecular flexibility index (Phi) is 6.72. The van der Waals surface area contributed by atoms with Crippen LogP contribution >= 0.6 is 0 Å². The minimum atomic E-state index is -0.372. The van der Waals surface area contributed by atoms with Crippen LogP contribution in [0, 0.1) is 13.8 Å². The van der Waals surface area contributed by atoms with Gasteiger partial charge in [-0.1, -0.05) is 37.3 Å². The number of ether oxygens (including phenoxy) is 2. The Labute approximate surface area is 177 Å². The molecule has 5 nitrogen and oxygen atoms in total. The van der Waals surface area contributed by atoms with Crippen molar-refractivity contribution >= 4 is 11.8 Å². The highest BCUT2D eigenvalue weighted by Crippen LogP contribution is 2.23. The van der Waals surface area contributed by atoms with Gasteiger partial charge in [-0.2, -0.15) is 0 Å². The molecule has 1 atom stereocenters. The van der Waals surface area contributed by atoms with Gasteiger partial charge in [0.15, 0.2) is 6.61 Å². The summed E-state index contributed by atoms with van der Waals surface area (Å²) in [5, 5.41) is 0. The van der Waals surface area contributed by atoms with E-state index in [1.807, 2.05) is 86.0 Å². The Hall–Kier alpha value is -3.34. The second-order valence-electron chi connectivity index (χ2n) is 7.42. The Bertz CT molecular complexity index is 1020. The number of Topliss-reactive ketones (excluding diaryl/α,β-unsaturated/α-hetero) is 1. The van der Waals surface area contributed by atoms with Crippen molar-refractivity contribution < 1.29 is 19.1 Å². The van der Waals surface area contributed by atoms with E-state index >= 15 is 0 Å². The molecule has 0 saturated heterocycles. The fourth-order valence-corrected chi connectivity index (χ4v) is 3.61. The van der Waals surface area contributed by atoms with E-state index in [1.165, 1.54) is 0 Å². The molecule has 0 amide bonds. The number of methoxy groups -OCH3 is 1. The van der Waals surface area contributed by atoms with Crippen LogP contribution in [0.2, 0.25) is 0 Å². The first-order chi connectivity index (χ1) is 14.4. The summed E-state index contributed by atoms with van der Waals surface area (Å²) in [6, 6.07) is 19.3. The lowest BCUT2D eigenvalue weighted by molar-refractivity contribution is -0.142. The number of aromatic nitrogens is 1. The minimum absolute atomic E-state index is 0.0361. The molecule has 0 radical (unpaired) electrons. The van der Waals surface area contributed by atoms with Crippen molar-refractivity contribution in [1.29, 1.82) is 0 Å². The number of benzene rings is 2. The van der Waals surface area contributed by atoms with E-state index in [0.29, 0.717) is 5.56 Å². The van der Waals surface area contributed by atoms with Gasteiger partial charge in [0.05, 0.1) is 13.5 Å². The molecule has 0 saturated carbocycles. The summed E-state index contributed by atoms with van der Waals surface area (Å²) >= 11 is 0. The van der Waals surface area contributed by atoms with Crippen molar-refractivity contribution in [3.63, 3.8) is 0 Å². The van der Waals surface area contributed by atoms with Gasteiger partial charge < -0.3 is 14.0 Å². The molecular formula is C25H27NO4. The molecule has 0 aliphatic heterocycles. The highest BCUT2D eigenvalue weighted by molar-refractivity contribution is 5.99. The predicted octanol–water partition coefficient (Wildman–Crippen LogP) is 5.02. The summed E-state index contributed by atoms with van der Waals surface area (Å²) in [6.45, 7) is 5.56. The van der Waals surface area contributed by atoms with Gasteiger partial charge in [0.1, 0.15) is 5.75 Å². The van der Waals surface area contributed by atoms with Crippen molar-refractivity contribution in [3.8, 4) is 11.4 Å². The molecule has 0 fully saturated rings. The fraction of sp³-hybridized carbons (Fsp3) is 0.280. The van der Waals surface area contributed by atoms with E-state index in [0.717, 1.165) is 28.4 Å². The fourth-order valence-electron chi connectivity index (χ4n) is 3.61. The molecule has 30 heavy (non-hydrogen) atoms. The van der Waals surface area contributed by atoms with Crippen molar-refractivity contribution in [1.82, 2.24) is 4.57 Å². The third-order valence-corrected chi connectivity index (χ3v) is 5.27. The molecule has 0 aliphatic rings. The van der Waals surface area contributed by atoms with Gasteiger partial charge in [-0.25, -0.2) is 0 Å². The van der Waals surface area contributed by atoms with Crippen LogP contribution in [0.5, 0.6) is 5.75 Å². The number of ketones is 1. The lowest BCUT2D eigenvalue weighted by Gasteiger charge is -2.12. The number of hydrogen-bond acceptors (Lipinski definition) is 4. The van der Waals surface area contributed by atoms with Crippen LogP contribution < -0.4 is 4.74 Å². The Morgan fingerprint density at radius 1 is 1.00 bits per heavy atom. The zero-order valence-corrected chi connectivity index (χ0v) is 17.8. The molecule has 0 spiro atoms. The highest BCUT2D eigenvalue weighted by atomic mass is 16.5. The second-order valence-corrected chi connectivity index (χ2v) is 7.42. The van der Waals surface area contributed by atoms with Gasteiger partial charge in [-0.3, -0.25) is 9.59 Å². The standard InChI is InChI=1S/C25H27NO4/c1-17(20-8-6-5-7-9-20)14-25(28)30-16-24(27)23-15-18(2)26(19(23)3)21-10-12-22(29-4)13-11-21/h5-13,15,17H,14,16H2,1-4H3/t17-/m1/s1. The number of aryl methyl sites for hydroxylation is 1. The maximum absolute atomic E-state index is 12.7. The number of carbonyl (C=O) groups excluding carboxylic acids is 2. The first kappa shape index (κ1) is 21.4. The lowest BCUT2D eigenvalue weighted by Crippen LogP contribution is -2.16. The zero-order chi connectivity index (χ0) is 21.7. The smallest absolute Gasteiger partial charge is 0.306 e. The van der Waals surface area contributed by atoms with Gasteiger partial charge >= 0.3 is 5.97 Å². The lowest BCUT2D eigenvalue weighted by atomic mass is 9.98. The molecular weight excluding hydrogens is 378 g/mol. The molecule has 0 bridgehead atoms. The molecule has 2 aromatic carbocycles. The predicted molar refractivity (Wildman–Crippen MR) is 117 cm³/mol. The van der Waals surface area contributed by atoms with E-state index in [1.54, 1.807) is 7.11 Å². The van der Waals surface area contributed by atoms with Crippen LogP contribution in [0.4, 0.5) is 0 Å². The number of esters is 1.